The summed E-state index contributed by atoms with van der Waals surface area (Å²) in [6, 6.07) is 15.1. The van der Waals surface area contributed by atoms with Crippen LogP contribution in [-0.4, -0.2) is 10.9 Å². The summed E-state index contributed by atoms with van der Waals surface area (Å²) >= 11 is 1.40. The number of aromatic nitrogens is 1. The van der Waals surface area contributed by atoms with Crippen LogP contribution in [0.1, 0.15) is 20.8 Å². The Balaban J connectivity index is 1.60. The molecule has 0 unspecified atom stereocenters. The summed E-state index contributed by atoms with van der Waals surface area (Å²) in [5.41, 5.74) is 2.13. The Bertz CT molecular complexity index is 800. The van der Waals surface area contributed by atoms with Crippen LogP contribution >= 0.6 is 11.3 Å². The maximum Gasteiger partial charge on any atom is 0.266 e. The van der Waals surface area contributed by atoms with E-state index in [2.05, 4.69) is 10.3 Å². The number of rotatable bonds is 5. The van der Waals surface area contributed by atoms with Gasteiger partial charge in [-0.25, -0.2) is 4.98 Å². The van der Waals surface area contributed by atoms with Crippen molar-refractivity contribution in [1.29, 1.82) is 0 Å². The Hall–Kier alpha value is -2.66. The van der Waals surface area contributed by atoms with Crippen molar-refractivity contribution in [1.82, 2.24) is 4.98 Å². The predicted molar refractivity (Wildman–Crippen MR) is 92.0 cm³/mol. The van der Waals surface area contributed by atoms with Gasteiger partial charge in [0.15, 0.2) is 0 Å². The lowest BCUT2D eigenvalue weighted by atomic mass is 10.2. The molecule has 0 radical (unpaired) electrons. The third kappa shape index (κ3) is 4.17. The molecule has 3 rings (SSSR count). The summed E-state index contributed by atoms with van der Waals surface area (Å²) in [6.45, 7) is 2.47. The number of carbonyl (C=O) groups is 1. The number of amides is 1. The van der Waals surface area contributed by atoms with E-state index in [1.54, 1.807) is 12.3 Å². The lowest BCUT2D eigenvalue weighted by molar-refractivity contribution is 0.103. The van der Waals surface area contributed by atoms with Gasteiger partial charge < -0.3 is 10.1 Å². The number of aryl methyl sites for hydroxylation is 1. The largest absolute Gasteiger partial charge is 0.489 e. The zero-order valence-corrected chi connectivity index (χ0v) is 13.5. The Morgan fingerprint density at radius 2 is 2.13 bits per heavy atom. The molecule has 0 fully saturated rings. The normalized spacial score (nSPS) is 10.3. The smallest absolute Gasteiger partial charge is 0.266 e. The number of benzene rings is 1. The van der Waals surface area contributed by atoms with Crippen LogP contribution in [0.5, 0.6) is 5.75 Å². The van der Waals surface area contributed by atoms with Crippen LogP contribution in [0.2, 0.25) is 0 Å². The van der Waals surface area contributed by atoms with E-state index < -0.39 is 0 Å². The molecule has 2 aromatic heterocycles. The van der Waals surface area contributed by atoms with Crippen molar-refractivity contribution in [3.05, 3.63) is 76.1 Å². The van der Waals surface area contributed by atoms with E-state index >= 15 is 0 Å². The van der Waals surface area contributed by atoms with Crippen molar-refractivity contribution in [3.63, 3.8) is 0 Å². The van der Waals surface area contributed by atoms with Gasteiger partial charge in [-0.2, -0.15) is 0 Å². The molecule has 0 saturated carbocycles. The minimum Gasteiger partial charge on any atom is -0.489 e. The van der Waals surface area contributed by atoms with E-state index in [0.717, 1.165) is 16.9 Å². The fourth-order valence-corrected chi connectivity index (χ4v) is 2.85. The first-order chi connectivity index (χ1) is 11.2. The average Bonchev–Trinajstić information content (AvgIpc) is 3.03. The van der Waals surface area contributed by atoms with E-state index in [-0.39, 0.29) is 5.91 Å². The summed E-state index contributed by atoms with van der Waals surface area (Å²) in [7, 11) is 0. The number of carbonyl (C=O) groups excluding carboxylic acids is 1. The quantitative estimate of drug-likeness (QED) is 0.762. The van der Waals surface area contributed by atoms with Crippen LogP contribution in [-0.2, 0) is 6.61 Å². The van der Waals surface area contributed by atoms with Crippen LogP contribution < -0.4 is 10.1 Å². The third-order valence-electron chi connectivity index (χ3n) is 3.18. The summed E-state index contributed by atoms with van der Waals surface area (Å²) in [6.07, 6.45) is 1.64. The number of pyridine rings is 1. The number of ether oxygens (including phenoxy) is 1. The van der Waals surface area contributed by atoms with Gasteiger partial charge in [0.05, 0.1) is 4.88 Å². The molecule has 5 heteroatoms. The molecule has 1 aromatic carbocycles. The zero-order chi connectivity index (χ0) is 16.1. The number of nitrogens with zero attached hydrogens (tertiary/aromatic N) is 1. The second-order valence-electron chi connectivity index (χ2n) is 5.09. The van der Waals surface area contributed by atoms with Crippen LogP contribution in [0, 0.1) is 6.92 Å². The zero-order valence-electron chi connectivity index (χ0n) is 12.7. The highest BCUT2D eigenvalue weighted by molar-refractivity contribution is 7.12. The van der Waals surface area contributed by atoms with Crippen molar-refractivity contribution in [2.75, 3.05) is 5.32 Å². The Labute approximate surface area is 138 Å². The summed E-state index contributed by atoms with van der Waals surface area (Å²) in [4.78, 5) is 16.9. The van der Waals surface area contributed by atoms with Gasteiger partial charge in [-0.05, 0) is 48.2 Å². The molecule has 0 bridgehead atoms. The van der Waals surface area contributed by atoms with Gasteiger partial charge in [0.2, 0.25) is 0 Å². The minimum atomic E-state index is -0.157. The first-order valence-corrected chi connectivity index (χ1v) is 8.08. The van der Waals surface area contributed by atoms with Crippen LogP contribution in [0.4, 0.5) is 5.82 Å². The van der Waals surface area contributed by atoms with E-state index in [0.29, 0.717) is 17.3 Å². The standard InChI is InChI=1S/C18H16N2O2S/c1-13-5-4-6-15(9-13)22-11-14-10-16(23-12-14)18(21)20-17-7-2-3-8-19-17/h2-10,12H,11H2,1H3,(H,19,20,21). The summed E-state index contributed by atoms with van der Waals surface area (Å²) < 4.78 is 5.75. The van der Waals surface area contributed by atoms with Gasteiger partial charge in [0.1, 0.15) is 18.2 Å². The molecule has 0 aliphatic rings. The number of thiophene rings is 1. The van der Waals surface area contributed by atoms with Gasteiger partial charge in [0, 0.05) is 11.8 Å². The maximum atomic E-state index is 12.2. The maximum absolute atomic E-state index is 12.2. The van der Waals surface area contributed by atoms with E-state index in [1.807, 2.05) is 54.8 Å². The van der Waals surface area contributed by atoms with Crippen molar-refractivity contribution in [2.45, 2.75) is 13.5 Å². The highest BCUT2D eigenvalue weighted by atomic mass is 32.1. The molecule has 23 heavy (non-hydrogen) atoms. The highest BCUT2D eigenvalue weighted by Gasteiger charge is 2.10. The van der Waals surface area contributed by atoms with Gasteiger partial charge in [-0.3, -0.25) is 4.79 Å². The van der Waals surface area contributed by atoms with Crippen molar-refractivity contribution in [2.24, 2.45) is 0 Å². The van der Waals surface area contributed by atoms with Gasteiger partial charge in [0.25, 0.3) is 5.91 Å². The second-order valence-corrected chi connectivity index (χ2v) is 6.00. The predicted octanol–water partition coefficient (Wildman–Crippen LogP) is 4.28. The molecular weight excluding hydrogens is 308 g/mol. The summed E-state index contributed by atoms with van der Waals surface area (Å²) in [5, 5.41) is 4.71. The third-order valence-corrected chi connectivity index (χ3v) is 4.16. The molecule has 0 saturated heterocycles. The van der Waals surface area contributed by atoms with Gasteiger partial charge in [-0.1, -0.05) is 18.2 Å². The molecule has 0 aliphatic heterocycles. The Morgan fingerprint density at radius 3 is 2.91 bits per heavy atom. The van der Waals surface area contributed by atoms with Crippen molar-refractivity contribution >= 4 is 23.1 Å². The molecule has 0 atom stereocenters. The molecule has 2 heterocycles. The molecule has 4 nitrogen and oxygen atoms in total. The first-order valence-electron chi connectivity index (χ1n) is 7.20. The highest BCUT2D eigenvalue weighted by Crippen LogP contribution is 2.19. The number of anilines is 1. The molecular formula is C18H16N2O2S. The lowest BCUT2D eigenvalue weighted by Gasteiger charge is -2.05. The fourth-order valence-electron chi connectivity index (χ4n) is 2.06. The van der Waals surface area contributed by atoms with E-state index in [1.165, 1.54) is 11.3 Å². The Kier molecular flexibility index (Phi) is 4.68. The number of hydrogen-bond acceptors (Lipinski definition) is 4. The Morgan fingerprint density at radius 1 is 1.22 bits per heavy atom. The molecule has 116 valence electrons. The lowest BCUT2D eigenvalue weighted by Crippen LogP contribution is -2.11. The molecule has 3 aromatic rings. The minimum absolute atomic E-state index is 0.157. The van der Waals surface area contributed by atoms with Gasteiger partial charge >= 0.3 is 0 Å². The SMILES string of the molecule is Cc1cccc(OCc2csc(C(=O)Nc3ccccn3)c2)c1. The number of hydrogen-bond donors (Lipinski definition) is 1. The van der Waals surface area contributed by atoms with Crippen LogP contribution in [0.3, 0.4) is 0 Å². The van der Waals surface area contributed by atoms with Crippen LogP contribution in [0.15, 0.2) is 60.1 Å². The average molecular weight is 324 g/mol. The second kappa shape index (κ2) is 7.07. The molecule has 0 spiro atoms. The van der Waals surface area contributed by atoms with Crippen molar-refractivity contribution in [3.8, 4) is 5.75 Å². The topological polar surface area (TPSA) is 51.2 Å². The first kappa shape index (κ1) is 15.2. The molecule has 1 amide bonds. The van der Waals surface area contributed by atoms with Crippen LogP contribution in [0.25, 0.3) is 0 Å². The number of nitrogens with one attached hydrogen (secondary N) is 1. The van der Waals surface area contributed by atoms with Crippen molar-refractivity contribution < 1.29 is 9.53 Å². The van der Waals surface area contributed by atoms with Gasteiger partial charge in [-0.15, -0.1) is 11.3 Å². The van der Waals surface area contributed by atoms with E-state index in [9.17, 15) is 4.79 Å². The fraction of sp³-hybridized carbons (Fsp3) is 0.111. The molecule has 1 N–H and O–H groups in total. The van der Waals surface area contributed by atoms with E-state index in [4.69, 9.17) is 4.74 Å². The monoisotopic (exact) mass is 324 g/mol. The summed E-state index contributed by atoms with van der Waals surface area (Å²) in [5.74, 6) is 1.22. The molecule has 0 aliphatic carbocycles.